The number of hydrogen-bond acceptors (Lipinski definition) is 4. The number of H-pyrrole nitrogens is 1. The Kier molecular flexibility index (Phi) is 7.06. The minimum Gasteiger partial charge on any atom is -0.375 e. The molecular formula is C19H27ClN6O. The van der Waals surface area contributed by atoms with Gasteiger partial charge in [0.05, 0.1) is 6.54 Å². The van der Waals surface area contributed by atoms with Crippen LogP contribution in [0, 0.1) is 0 Å². The summed E-state index contributed by atoms with van der Waals surface area (Å²) in [4.78, 5) is 11.4. The number of aromatic nitrogens is 3. The Hall–Kier alpha value is -2.12. The van der Waals surface area contributed by atoms with E-state index >= 15 is 0 Å². The van der Waals surface area contributed by atoms with Crippen molar-refractivity contribution in [3.63, 3.8) is 0 Å². The van der Waals surface area contributed by atoms with Crippen molar-refractivity contribution in [3.8, 4) is 0 Å². The van der Waals surface area contributed by atoms with Crippen LogP contribution in [0.3, 0.4) is 0 Å². The fourth-order valence-electron chi connectivity index (χ4n) is 3.39. The van der Waals surface area contributed by atoms with Crippen molar-refractivity contribution in [3.05, 3.63) is 47.0 Å². The zero-order chi connectivity index (χ0) is 19.1. The molecule has 0 amide bonds. The lowest BCUT2D eigenvalue weighted by Gasteiger charge is -2.33. The van der Waals surface area contributed by atoms with Gasteiger partial charge in [-0.25, -0.2) is 4.98 Å². The number of aromatic amines is 1. The van der Waals surface area contributed by atoms with E-state index in [2.05, 4.69) is 32.3 Å². The van der Waals surface area contributed by atoms with E-state index in [1.54, 1.807) is 13.4 Å². The first-order chi connectivity index (χ1) is 13.2. The number of aliphatic imine (C=N–C) groups is 1. The number of methoxy groups -OCH3 is 1. The molecule has 2 N–H and O–H groups in total. The average molecular weight is 391 g/mol. The molecule has 7 nitrogen and oxygen atoms in total. The van der Waals surface area contributed by atoms with Crippen LogP contribution in [0.1, 0.15) is 43.2 Å². The van der Waals surface area contributed by atoms with Crippen molar-refractivity contribution in [2.75, 3.05) is 33.3 Å². The molecule has 1 fully saturated rings. The summed E-state index contributed by atoms with van der Waals surface area (Å²) in [5.74, 6) is 2.35. The fourth-order valence-corrected chi connectivity index (χ4v) is 3.59. The molecule has 1 aliphatic rings. The molecule has 0 saturated carbocycles. The maximum Gasteiger partial charge on any atom is 0.194 e. The molecule has 0 aliphatic carbocycles. The first-order valence-corrected chi connectivity index (χ1v) is 9.75. The van der Waals surface area contributed by atoms with E-state index in [-0.39, 0.29) is 6.10 Å². The third-order valence-corrected chi connectivity index (χ3v) is 5.10. The lowest BCUT2D eigenvalue weighted by molar-refractivity contribution is 0.110. The van der Waals surface area contributed by atoms with Crippen LogP contribution in [0.25, 0.3) is 0 Å². The molecular weight excluding hydrogens is 364 g/mol. The summed E-state index contributed by atoms with van der Waals surface area (Å²) >= 11 is 6.11. The van der Waals surface area contributed by atoms with E-state index in [4.69, 9.17) is 21.3 Å². The molecule has 1 atom stereocenters. The van der Waals surface area contributed by atoms with E-state index < -0.39 is 0 Å². The van der Waals surface area contributed by atoms with E-state index in [1.807, 2.05) is 24.3 Å². The Balaban J connectivity index is 1.64. The molecule has 0 bridgehead atoms. The number of halogens is 1. The number of benzene rings is 1. The summed E-state index contributed by atoms with van der Waals surface area (Å²) in [6.45, 7) is 5.33. The van der Waals surface area contributed by atoms with Gasteiger partial charge in [0.25, 0.3) is 0 Å². The normalized spacial score (nSPS) is 17.1. The van der Waals surface area contributed by atoms with Crippen LogP contribution in [0.15, 0.2) is 35.6 Å². The molecule has 2 heterocycles. The third kappa shape index (κ3) is 5.20. The van der Waals surface area contributed by atoms with Gasteiger partial charge in [0, 0.05) is 37.7 Å². The van der Waals surface area contributed by atoms with E-state index in [9.17, 15) is 0 Å². The van der Waals surface area contributed by atoms with Gasteiger partial charge < -0.3 is 15.0 Å². The van der Waals surface area contributed by atoms with Crippen LogP contribution < -0.4 is 5.32 Å². The summed E-state index contributed by atoms with van der Waals surface area (Å²) in [7, 11) is 1.71. The fraction of sp³-hybridized carbons (Fsp3) is 0.526. The highest BCUT2D eigenvalue weighted by Gasteiger charge is 2.24. The van der Waals surface area contributed by atoms with Gasteiger partial charge in [-0.15, -0.1) is 0 Å². The number of piperidine rings is 1. The molecule has 0 spiro atoms. The zero-order valence-corrected chi connectivity index (χ0v) is 16.6. The number of guanidine groups is 1. The third-order valence-electron chi connectivity index (χ3n) is 4.86. The summed E-state index contributed by atoms with van der Waals surface area (Å²) in [6, 6.07) is 7.75. The van der Waals surface area contributed by atoms with Crippen LogP contribution in [0.5, 0.6) is 0 Å². The first-order valence-electron chi connectivity index (χ1n) is 9.38. The largest absolute Gasteiger partial charge is 0.375 e. The van der Waals surface area contributed by atoms with Crippen LogP contribution in [0.4, 0.5) is 0 Å². The molecule has 2 aromatic rings. The molecule has 1 aromatic heterocycles. The molecule has 1 unspecified atom stereocenters. The lowest BCUT2D eigenvalue weighted by Crippen LogP contribution is -2.45. The molecule has 3 rings (SSSR count). The van der Waals surface area contributed by atoms with Crippen molar-refractivity contribution >= 4 is 17.6 Å². The minimum atomic E-state index is -0.121. The molecule has 27 heavy (non-hydrogen) atoms. The second kappa shape index (κ2) is 9.71. The minimum absolute atomic E-state index is 0.121. The SMILES string of the molecule is CCNC(=NCC(OC)c1cccc(Cl)c1)N1CCC(c2ncn[nH]2)CC1. The highest BCUT2D eigenvalue weighted by atomic mass is 35.5. The van der Waals surface area contributed by atoms with Gasteiger partial charge in [0.2, 0.25) is 0 Å². The predicted molar refractivity (Wildman–Crippen MR) is 107 cm³/mol. The molecule has 1 aliphatic heterocycles. The lowest BCUT2D eigenvalue weighted by atomic mass is 9.96. The van der Waals surface area contributed by atoms with Crippen molar-refractivity contribution in [1.29, 1.82) is 0 Å². The summed E-state index contributed by atoms with van der Waals surface area (Å²) < 4.78 is 5.64. The molecule has 0 radical (unpaired) electrons. The second-order valence-corrected chi connectivity index (χ2v) is 7.04. The van der Waals surface area contributed by atoms with Crippen molar-refractivity contribution < 1.29 is 4.74 Å². The van der Waals surface area contributed by atoms with E-state index in [0.29, 0.717) is 17.5 Å². The predicted octanol–water partition coefficient (Wildman–Crippen LogP) is 2.99. The average Bonchev–Trinajstić information content (AvgIpc) is 3.23. The standard InChI is InChI=1S/C19H27ClN6O/c1-3-21-19(22-12-17(27-2)15-5-4-6-16(20)11-15)26-9-7-14(8-10-26)18-23-13-24-25-18/h4-6,11,13-14,17H,3,7-10,12H2,1-2H3,(H,21,22)(H,23,24,25). The Morgan fingerprint density at radius 2 is 2.26 bits per heavy atom. The van der Waals surface area contributed by atoms with Crippen molar-refractivity contribution in [2.45, 2.75) is 31.8 Å². The Morgan fingerprint density at radius 1 is 1.44 bits per heavy atom. The van der Waals surface area contributed by atoms with Crippen LogP contribution in [-0.4, -0.2) is 59.3 Å². The Bertz CT molecular complexity index is 728. The smallest absolute Gasteiger partial charge is 0.194 e. The van der Waals surface area contributed by atoms with Crippen LogP contribution in [-0.2, 0) is 4.74 Å². The van der Waals surface area contributed by atoms with Gasteiger partial charge in [0.15, 0.2) is 5.96 Å². The van der Waals surface area contributed by atoms with Gasteiger partial charge >= 0.3 is 0 Å². The van der Waals surface area contributed by atoms with Crippen LogP contribution in [0.2, 0.25) is 5.02 Å². The first kappa shape index (κ1) is 19.6. The summed E-state index contributed by atoms with van der Waals surface area (Å²) in [6.07, 6.45) is 3.51. The number of nitrogens with zero attached hydrogens (tertiary/aromatic N) is 4. The zero-order valence-electron chi connectivity index (χ0n) is 15.9. The number of rotatable bonds is 6. The number of ether oxygens (including phenoxy) is 1. The quantitative estimate of drug-likeness (QED) is 0.585. The monoisotopic (exact) mass is 390 g/mol. The highest BCUT2D eigenvalue weighted by molar-refractivity contribution is 6.30. The molecule has 1 aromatic carbocycles. The maximum atomic E-state index is 6.11. The van der Waals surface area contributed by atoms with Gasteiger partial charge in [0.1, 0.15) is 18.3 Å². The van der Waals surface area contributed by atoms with E-state index in [1.165, 1.54) is 0 Å². The maximum absolute atomic E-state index is 6.11. The van der Waals surface area contributed by atoms with Crippen LogP contribution >= 0.6 is 11.6 Å². The highest BCUT2D eigenvalue weighted by Crippen LogP contribution is 2.25. The second-order valence-electron chi connectivity index (χ2n) is 6.61. The van der Waals surface area contributed by atoms with Gasteiger partial charge in [-0.3, -0.25) is 10.1 Å². The van der Waals surface area contributed by atoms with E-state index in [0.717, 1.165) is 49.8 Å². The number of hydrogen-bond donors (Lipinski definition) is 2. The number of likely N-dealkylation sites (tertiary alicyclic amines) is 1. The van der Waals surface area contributed by atoms with Crippen molar-refractivity contribution in [2.24, 2.45) is 4.99 Å². The van der Waals surface area contributed by atoms with Gasteiger partial charge in [-0.1, -0.05) is 23.7 Å². The molecule has 1 saturated heterocycles. The Morgan fingerprint density at radius 3 is 2.89 bits per heavy atom. The Labute approximate surface area is 165 Å². The van der Waals surface area contributed by atoms with Gasteiger partial charge in [-0.2, -0.15) is 5.10 Å². The molecule has 8 heteroatoms. The van der Waals surface area contributed by atoms with Gasteiger partial charge in [-0.05, 0) is 37.5 Å². The summed E-state index contributed by atoms with van der Waals surface area (Å²) in [5, 5.41) is 11.1. The number of nitrogens with one attached hydrogen (secondary N) is 2. The van der Waals surface area contributed by atoms with Crippen molar-refractivity contribution in [1.82, 2.24) is 25.4 Å². The topological polar surface area (TPSA) is 78.4 Å². The summed E-state index contributed by atoms with van der Waals surface area (Å²) in [5.41, 5.74) is 1.04. The molecule has 146 valence electrons.